The Morgan fingerprint density at radius 2 is 1.38 bits per heavy atom. The highest BCUT2D eigenvalue weighted by Gasteiger charge is 2.33. The van der Waals surface area contributed by atoms with Crippen molar-refractivity contribution in [1.82, 2.24) is 4.90 Å². The molecule has 1 N–H and O–H groups in total. The number of aliphatic hydroxyl groups is 1. The standard InChI is InChI=1S/C19H23NO/c1-14(2)18(19(21)15-8-4-3-5-9-15)20-12-16-10-6-7-11-17(16)13-20/h3-11,14,18-19,21H,12-13H2,1-2H3. The Morgan fingerprint density at radius 1 is 0.857 bits per heavy atom. The zero-order valence-electron chi connectivity index (χ0n) is 12.7. The minimum atomic E-state index is -0.444. The van der Waals surface area contributed by atoms with E-state index in [1.165, 1.54) is 11.1 Å². The van der Waals surface area contributed by atoms with Gasteiger partial charge in [-0.15, -0.1) is 0 Å². The summed E-state index contributed by atoms with van der Waals surface area (Å²) >= 11 is 0. The Balaban J connectivity index is 1.84. The second kappa shape index (κ2) is 6.00. The third kappa shape index (κ3) is 2.87. The van der Waals surface area contributed by atoms with Gasteiger partial charge in [0, 0.05) is 19.1 Å². The molecule has 1 aliphatic heterocycles. The Kier molecular flexibility index (Phi) is 4.09. The summed E-state index contributed by atoms with van der Waals surface area (Å²) < 4.78 is 0. The molecule has 2 aromatic carbocycles. The van der Waals surface area contributed by atoms with E-state index in [0.717, 1.165) is 18.7 Å². The van der Waals surface area contributed by atoms with Crippen molar-refractivity contribution in [3.63, 3.8) is 0 Å². The number of benzene rings is 2. The lowest BCUT2D eigenvalue weighted by molar-refractivity contribution is 0.0199. The molecule has 0 fully saturated rings. The van der Waals surface area contributed by atoms with Crippen LogP contribution in [-0.4, -0.2) is 16.0 Å². The van der Waals surface area contributed by atoms with Crippen LogP contribution in [0, 0.1) is 5.92 Å². The van der Waals surface area contributed by atoms with E-state index in [0.29, 0.717) is 5.92 Å². The minimum Gasteiger partial charge on any atom is -0.387 e. The molecule has 0 aliphatic carbocycles. The molecule has 2 atom stereocenters. The summed E-state index contributed by atoms with van der Waals surface area (Å²) in [6.45, 7) is 6.26. The van der Waals surface area contributed by atoms with E-state index in [-0.39, 0.29) is 6.04 Å². The first kappa shape index (κ1) is 14.3. The summed E-state index contributed by atoms with van der Waals surface area (Å²) in [5.74, 6) is 0.398. The zero-order valence-corrected chi connectivity index (χ0v) is 12.7. The molecule has 1 aliphatic rings. The molecule has 3 rings (SSSR count). The van der Waals surface area contributed by atoms with Gasteiger partial charge in [0.15, 0.2) is 0 Å². The Labute approximate surface area is 127 Å². The summed E-state index contributed by atoms with van der Waals surface area (Å²) in [4.78, 5) is 2.41. The van der Waals surface area contributed by atoms with Crippen molar-refractivity contribution in [3.8, 4) is 0 Å². The van der Waals surface area contributed by atoms with Gasteiger partial charge in [-0.3, -0.25) is 4.90 Å². The molecule has 0 aromatic heterocycles. The van der Waals surface area contributed by atoms with Crippen LogP contribution in [0.5, 0.6) is 0 Å². The fourth-order valence-corrected chi connectivity index (χ4v) is 3.40. The number of fused-ring (bicyclic) bond motifs is 1. The summed E-state index contributed by atoms with van der Waals surface area (Å²) in [7, 11) is 0. The molecular formula is C19H23NO. The maximum atomic E-state index is 10.8. The molecule has 0 spiro atoms. The lowest BCUT2D eigenvalue weighted by Gasteiger charge is -2.35. The fourth-order valence-electron chi connectivity index (χ4n) is 3.40. The Hall–Kier alpha value is -1.64. The number of aliphatic hydroxyl groups excluding tert-OH is 1. The van der Waals surface area contributed by atoms with Gasteiger partial charge in [-0.05, 0) is 22.6 Å². The minimum absolute atomic E-state index is 0.139. The van der Waals surface area contributed by atoms with Crippen molar-refractivity contribution >= 4 is 0 Å². The topological polar surface area (TPSA) is 23.5 Å². The van der Waals surface area contributed by atoms with Crippen LogP contribution in [0.4, 0.5) is 0 Å². The van der Waals surface area contributed by atoms with Crippen molar-refractivity contribution in [2.75, 3.05) is 0 Å². The third-order valence-corrected chi connectivity index (χ3v) is 4.43. The number of nitrogens with zero attached hydrogens (tertiary/aromatic N) is 1. The number of hydrogen-bond acceptors (Lipinski definition) is 2. The van der Waals surface area contributed by atoms with Gasteiger partial charge in [0.2, 0.25) is 0 Å². The summed E-state index contributed by atoms with van der Waals surface area (Å²) in [5, 5.41) is 10.8. The maximum Gasteiger partial charge on any atom is 0.0947 e. The van der Waals surface area contributed by atoms with Crippen LogP contribution in [0.3, 0.4) is 0 Å². The SMILES string of the molecule is CC(C)C(C(O)c1ccccc1)N1Cc2ccccc2C1. The molecule has 1 heterocycles. The molecule has 0 saturated heterocycles. The van der Waals surface area contributed by atoms with Crippen LogP contribution in [0.1, 0.15) is 36.6 Å². The summed E-state index contributed by atoms with van der Waals surface area (Å²) in [5.41, 5.74) is 3.79. The molecule has 0 bridgehead atoms. The van der Waals surface area contributed by atoms with Gasteiger partial charge in [-0.1, -0.05) is 68.4 Å². The maximum absolute atomic E-state index is 10.8. The van der Waals surface area contributed by atoms with E-state index in [1.807, 2.05) is 30.3 Å². The molecule has 2 unspecified atom stereocenters. The van der Waals surface area contributed by atoms with E-state index >= 15 is 0 Å². The van der Waals surface area contributed by atoms with Gasteiger partial charge in [0.1, 0.15) is 0 Å². The Morgan fingerprint density at radius 3 is 1.90 bits per heavy atom. The van der Waals surface area contributed by atoms with E-state index in [1.54, 1.807) is 0 Å². The molecule has 21 heavy (non-hydrogen) atoms. The van der Waals surface area contributed by atoms with Crippen LogP contribution in [-0.2, 0) is 13.1 Å². The van der Waals surface area contributed by atoms with E-state index in [4.69, 9.17) is 0 Å². The van der Waals surface area contributed by atoms with Gasteiger partial charge < -0.3 is 5.11 Å². The number of rotatable bonds is 4. The summed E-state index contributed by atoms with van der Waals surface area (Å²) in [6.07, 6.45) is -0.444. The highest BCUT2D eigenvalue weighted by atomic mass is 16.3. The molecule has 2 aromatic rings. The summed E-state index contributed by atoms with van der Waals surface area (Å²) in [6, 6.07) is 18.7. The average molecular weight is 281 g/mol. The van der Waals surface area contributed by atoms with E-state index < -0.39 is 6.10 Å². The normalized spacial score (nSPS) is 17.7. The first-order valence-corrected chi connectivity index (χ1v) is 7.70. The largest absolute Gasteiger partial charge is 0.387 e. The quantitative estimate of drug-likeness (QED) is 0.922. The van der Waals surface area contributed by atoms with Gasteiger partial charge in [0.05, 0.1) is 6.10 Å². The van der Waals surface area contributed by atoms with Crippen LogP contribution in [0.2, 0.25) is 0 Å². The average Bonchev–Trinajstić information content (AvgIpc) is 2.91. The lowest BCUT2D eigenvalue weighted by Crippen LogP contribution is -2.40. The van der Waals surface area contributed by atoms with Crippen LogP contribution >= 0.6 is 0 Å². The zero-order chi connectivity index (χ0) is 14.8. The molecule has 0 radical (unpaired) electrons. The Bertz CT molecular complexity index is 569. The van der Waals surface area contributed by atoms with Crippen LogP contribution < -0.4 is 0 Å². The van der Waals surface area contributed by atoms with Gasteiger partial charge >= 0.3 is 0 Å². The second-order valence-corrected chi connectivity index (χ2v) is 6.26. The monoisotopic (exact) mass is 281 g/mol. The number of hydrogen-bond donors (Lipinski definition) is 1. The predicted molar refractivity (Wildman–Crippen MR) is 85.7 cm³/mol. The van der Waals surface area contributed by atoms with Gasteiger partial charge in [-0.25, -0.2) is 0 Å². The van der Waals surface area contributed by atoms with Gasteiger partial charge in [0.25, 0.3) is 0 Å². The van der Waals surface area contributed by atoms with Crippen LogP contribution in [0.25, 0.3) is 0 Å². The lowest BCUT2D eigenvalue weighted by atomic mass is 9.92. The van der Waals surface area contributed by atoms with Crippen molar-refractivity contribution < 1.29 is 5.11 Å². The molecule has 0 amide bonds. The molecule has 2 heteroatoms. The van der Waals surface area contributed by atoms with E-state index in [9.17, 15) is 5.11 Å². The predicted octanol–water partition coefficient (Wildman–Crippen LogP) is 3.76. The third-order valence-electron chi connectivity index (χ3n) is 4.43. The van der Waals surface area contributed by atoms with Crippen molar-refractivity contribution in [2.24, 2.45) is 5.92 Å². The second-order valence-electron chi connectivity index (χ2n) is 6.26. The highest BCUT2D eigenvalue weighted by molar-refractivity contribution is 5.31. The molecule has 110 valence electrons. The van der Waals surface area contributed by atoms with Crippen LogP contribution in [0.15, 0.2) is 54.6 Å². The first-order valence-electron chi connectivity index (χ1n) is 7.70. The van der Waals surface area contributed by atoms with Gasteiger partial charge in [-0.2, -0.15) is 0 Å². The highest BCUT2D eigenvalue weighted by Crippen LogP contribution is 2.33. The molecule has 2 nitrogen and oxygen atoms in total. The smallest absolute Gasteiger partial charge is 0.0947 e. The first-order chi connectivity index (χ1) is 10.2. The van der Waals surface area contributed by atoms with E-state index in [2.05, 4.69) is 43.0 Å². The molecule has 0 saturated carbocycles. The molecular weight excluding hydrogens is 258 g/mol. The fraction of sp³-hybridized carbons (Fsp3) is 0.368. The van der Waals surface area contributed by atoms with Crippen molar-refractivity contribution in [1.29, 1.82) is 0 Å². The van der Waals surface area contributed by atoms with Crippen molar-refractivity contribution in [2.45, 2.75) is 39.1 Å². The van der Waals surface area contributed by atoms with Crippen molar-refractivity contribution in [3.05, 3.63) is 71.3 Å².